The highest BCUT2D eigenvalue weighted by molar-refractivity contribution is 5.67. The maximum atomic E-state index is 12.7. The van der Waals surface area contributed by atoms with Crippen LogP contribution in [0.1, 0.15) is 22.8 Å². The minimum Gasteiger partial charge on any atom is -0.267 e. The Morgan fingerprint density at radius 1 is 0.846 bits per heavy atom. The molecule has 5 heteroatoms. The van der Waals surface area contributed by atoms with Gasteiger partial charge in [-0.2, -0.15) is 4.52 Å². The van der Waals surface area contributed by atoms with Crippen LogP contribution in [0.15, 0.2) is 65.5 Å². The molecule has 0 amide bonds. The molecule has 3 heterocycles. The van der Waals surface area contributed by atoms with Gasteiger partial charge < -0.3 is 0 Å². The fourth-order valence-electron chi connectivity index (χ4n) is 3.01. The van der Waals surface area contributed by atoms with Crippen LogP contribution in [0.2, 0.25) is 0 Å². The van der Waals surface area contributed by atoms with Gasteiger partial charge in [0, 0.05) is 23.5 Å². The Morgan fingerprint density at radius 3 is 2.38 bits per heavy atom. The summed E-state index contributed by atoms with van der Waals surface area (Å²) >= 11 is 0. The van der Waals surface area contributed by atoms with Gasteiger partial charge in [-0.25, -0.2) is 9.67 Å². The average Bonchev–Trinajstić information content (AvgIpc) is 2.97. The van der Waals surface area contributed by atoms with E-state index in [-0.39, 0.29) is 5.56 Å². The van der Waals surface area contributed by atoms with E-state index in [0.29, 0.717) is 11.3 Å². The molecule has 128 valence electrons. The molecule has 0 saturated heterocycles. The first-order valence-corrected chi connectivity index (χ1v) is 8.41. The lowest BCUT2D eigenvalue weighted by Crippen LogP contribution is -2.20. The van der Waals surface area contributed by atoms with Crippen molar-refractivity contribution in [2.75, 3.05) is 0 Å². The van der Waals surface area contributed by atoms with Gasteiger partial charge in [0.2, 0.25) is 0 Å². The minimum absolute atomic E-state index is 0.121. The second-order valence-corrected chi connectivity index (χ2v) is 6.16. The van der Waals surface area contributed by atoms with Gasteiger partial charge in [-0.3, -0.25) is 9.78 Å². The van der Waals surface area contributed by atoms with Crippen molar-refractivity contribution >= 4 is 17.8 Å². The van der Waals surface area contributed by atoms with E-state index in [2.05, 4.69) is 9.97 Å². The summed E-state index contributed by atoms with van der Waals surface area (Å²) in [5.74, 6) is 0. The van der Waals surface area contributed by atoms with Gasteiger partial charge in [-0.15, -0.1) is 0 Å². The number of aromatic nitrogens is 4. The standard InChI is InChI=1S/C21H18N4O/c1-15-7-6-8-17(22-15)11-12-18-14-21(26)25-20(23-18)13-16(2)24(25)19-9-4-3-5-10-19/h3-14H,1-2H3/b12-11+. The molecule has 0 saturated carbocycles. The normalized spacial score (nSPS) is 11.5. The van der Waals surface area contributed by atoms with Gasteiger partial charge in [0.1, 0.15) is 0 Å². The maximum Gasteiger partial charge on any atom is 0.273 e. The molecule has 4 rings (SSSR count). The number of aryl methyl sites for hydroxylation is 2. The van der Waals surface area contributed by atoms with Crippen LogP contribution < -0.4 is 5.56 Å². The van der Waals surface area contributed by atoms with Crippen molar-refractivity contribution in [3.63, 3.8) is 0 Å². The molecule has 0 aliphatic heterocycles. The third-order valence-electron chi connectivity index (χ3n) is 4.15. The van der Waals surface area contributed by atoms with Gasteiger partial charge in [-0.05, 0) is 50.3 Å². The quantitative estimate of drug-likeness (QED) is 0.571. The second-order valence-electron chi connectivity index (χ2n) is 6.16. The lowest BCUT2D eigenvalue weighted by molar-refractivity contribution is 0.742. The van der Waals surface area contributed by atoms with E-state index in [4.69, 9.17) is 0 Å². The smallest absolute Gasteiger partial charge is 0.267 e. The van der Waals surface area contributed by atoms with Crippen molar-refractivity contribution in [3.8, 4) is 5.69 Å². The van der Waals surface area contributed by atoms with Crippen molar-refractivity contribution < 1.29 is 0 Å². The summed E-state index contributed by atoms with van der Waals surface area (Å²) in [6.07, 6.45) is 3.69. The number of hydrogen-bond donors (Lipinski definition) is 0. The highest BCUT2D eigenvalue weighted by Crippen LogP contribution is 2.14. The molecule has 0 unspecified atom stereocenters. The fourth-order valence-corrected chi connectivity index (χ4v) is 3.01. The van der Waals surface area contributed by atoms with Crippen LogP contribution in [0.3, 0.4) is 0 Å². The number of hydrogen-bond acceptors (Lipinski definition) is 3. The first kappa shape index (κ1) is 16.0. The zero-order chi connectivity index (χ0) is 18.1. The molecule has 0 N–H and O–H groups in total. The van der Waals surface area contributed by atoms with E-state index < -0.39 is 0 Å². The minimum atomic E-state index is -0.121. The largest absolute Gasteiger partial charge is 0.273 e. The summed E-state index contributed by atoms with van der Waals surface area (Å²) in [7, 11) is 0. The Kier molecular flexibility index (Phi) is 3.97. The van der Waals surface area contributed by atoms with E-state index in [1.54, 1.807) is 4.52 Å². The molecule has 4 aromatic rings. The number of para-hydroxylation sites is 1. The number of nitrogens with zero attached hydrogens (tertiary/aromatic N) is 4. The molecule has 0 fully saturated rings. The number of pyridine rings is 1. The number of rotatable bonds is 3. The Bertz CT molecular complexity index is 1170. The van der Waals surface area contributed by atoms with E-state index in [1.165, 1.54) is 6.07 Å². The molecule has 26 heavy (non-hydrogen) atoms. The lowest BCUT2D eigenvalue weighted by atomic mass is 10.2. The number of fused-ring (bicyclic) bond motifs is 1. The van der Waals surface area contributed by atoms with Crippen molar-refractivity contribution in [1.82, 2.24) is 19.2 Å². The van der Waals surface area contributed by atoms with Crippen molar-refractivity contribution in [2.24, 2.45) is 0 Å². The molecule has 0 aliphatic carbocycles. The van der Waals surface area contributed by atoms with Gasteiger partial charge in [0.05, 0.1) is 17.1 Å². The van der Waals surface area contributed by atoms with E-state index in [0.717, 1.165) is 22.8 Å². The second kappa shape index (κ2) is 6.44. The first-order chi connectivity index (χ1) is 12.6. The summed E-state index contributed by atoms with van der Waals surface area (Å²) in [5.41, 5.74) is 4.78. The Morgan fingerprint density at radius 2 is 1.62 bits per heavy atom. The summed E-state index contributed by atoms with van der Waals surface area (Å²) in [4.78, 5) is 21.8. The van der Waals surface area contributed by atoms with Crippen LogP contribution in [0.25, 0.3) is 23.5 Å². The summed E-state index contributed by atoms with van der Waals surface area (Å²) in [6.45, 7) is 3.91. The van der Waals surface area contributed by atoms with Crippen LogP contribution in [-0.4, -0.2) is 19.2 Å². The molecule has 0 radical (unpaired) electrons. The number of benzene rings is 1. The topological polar surface area (TPSA) is 52.2 Å². The lowest BCUT2D eigenvalue weighted by Gasteiger charge is -2.08. The van der Waals surface area contributed by atoms with Gasteiger partial charge in [0.15, 0.2) is 5.65 Å². The van der Waals surface area contributed by atoms with E-state index in [9.17, 15) is 4.79 Å². The molecule has 0 bridgehead atoms. The van der Waals surface area contributed by atoms with Gasteiger partial charge in [-0.1, -0.05) is 24.3 Å². The molecular formula is C21H18N4O. The molecule has 3 aromatic heterocycles. The van der Waals surface area contributed by atoms with Gasteiger partial charge in [0.25, 0.3) is 5.56 Å². The Hall–Kier alpha value is -3.47. The predicted molar refractivity (Wildman–Crippen MR) is 103 cm³/mol. The van der Waals surface area contributed by atoms with Crippen LogP contribution in [0.4, 0.5) is 0 Å². The van der Waals surface area contributed by atoms with Crippen LogP contribution in [-0.2, 0) is 0 Å². The molecule has 1 aromatic carbocycles. The molecule has 0 atom stereocenters. The first-order valence-electron chi connectivity index (χ1n) is 8.41. The average molecular weight is 342 g/mol. The highest BCUT2D eigenvalue weighted by atomic mass is 16.1. The van der Waals surface area contributed by atoms with Crippen LogP contribution in [0, 0.1) is 13.8 Å². The van der Waals surface area contributed by atoms with Crippen molar-refractivity contribution in [1.29, 1.82) is 0 Å². The fraction of sp³-hybridized carbons (Fsp3) is 0.0952. The zero-order valence-electron chi connectivity index (χ0n) is 14.6. The Labute approximate surface area is 150 Å². The molecular weight excluding hydrogens is 324 g/mol. The monoisotopic (exact) mass is 342 g/mol. The molecule has 5 nitrogen and oxygen atoms in total. The summed E-state index contributed by atoms with van der Waals surface area (Å²) in [6, 6.07) is 19.1. The molecule has 0 aliphatic rings. The summed E-state index contributed by atoms with van der Waals surface area (Å²) < 4.78 is 3.47. The molecule has 0 spiro atoms. The van der Waals surface area contributed by atoms with Crippen LogP contribution >= 0.6 is 0 Å². The third kappa shape index (κ3) is 2.95. The van der Waals surface area contributed by atoms with E-state index >= 15 is 0 Å². The van der Waals surface area contributed by atoms with Crippen molar-refractivity contribution in [2.45, 2.75) is 13.8 Å². The van der Waals surface area contributed by atoms with Crippen LogP contribution in [0.5, 0.6) is 0 Å². The SMILES string of the molecule is Cc1cccc(/C=C/c2cc(=O)n3c(cc(C)n3-c3ccccc3)n2)n1. The Balaban J connectivity index is 1.80. The zero-order valence-corrected chi connectivity index (χ0v) is 14.6. The van der Waals surface area contributed by atoms with Gasteiger partial charge >= 0.3 is 0 Å². The third-order valence-corrected chi connectivity index (χ3v) is 4.15. The maximum absolute atomic E-state index is 12.7. The predicted octanol–water partition coefficient (Wildman–Crippen LogP) is 3.67. The van der Waals surface area contributed by atoms with E-state index in [1.807, 2.05) is 85.3 Å². The highest BCUT2D eigenvalue weighted by Gasteiger charge is 2.10. The summed E-state index contributed by atoms with van der Waals surface area (Å²) in [5, 5.41) is 0. The van der Waals surface area contributed by atoms with Crippen molar-refractivity contribution in [3.05, 3.63) is 93.8 Å².